The molecule has 1 aromatic rings. The number of methoxy groups -OCH3 is 2. The van der Waals surface area contributed by atoms with E-state index in [4.69, 9.17) is 26.8 Å². The Morgan fingerprint density at radius 3 is 2.87 bits per heavy atom. The number of anilines is 1. The Labute approximate surface area is 188 Å². The molecule has 2 unspecified atom stereocenters. The summed E-state index contributed by atoms with van der Waals surface area (Å²) in [6.45, 7) is 3.35. The number of alkyl halides is 1. The fourth-order valence-corrected chi connectivity index (χ4v) is 3.95. The summed E-state index contributed by atoms with van der Waals surface area (Å²) in [6, 6.07) is 1.19. The molecule has 170 valence electrons. The topological polar surface area (TPSA) is 115 Å². The monoisotopic (exact) mass is 450 g/mol. The quantitative estimate of drug-likeness (QED) is 0.375. The molecular formula is C21H31ClN6O3. The molecular weight excluding hydrogens is 420 g/mol. The number of piperidine rings is 1. The van der Waals surface area contributed by atoms with E-state index in [1.54, 1.807) is 43.8 Å². The molecule has 1 aromatic heterocycles. The van der Waals surface area contributed by atoms with Crippen molar-refractivity contribution in [2.24, 2.45) is 5.73 Å². The van der Waals surface area contributed by atoms with Crippen LogP contribution in [0.1, 0.15) is 12.8 Å². The number of carbonyl (C=O) groups excluding carboxylic acids is 1. The van der Waals surface area contributed by atoms with Crippen molar-refractivity contribution in [3.05, 3.63) is 42.3 Å². The molecule has 0 aromatic carbocycles. The summed E-state index contributed by atoms with van der Waals surface area (Å²) < 4.78 is 11.0. The van der Waals surface area contributed by atoms with Crippen molar-refractivity contribution in [2.75, 3.05) is 45.7 Å². The average Bonchev–Trinajstić information content (AvgIpc) is 2.80. The van der Waals surface area contributed by atoms with Gasteiger partial charge in [0.25, 0.3) is 5.91 Å². The van der Waals surface area contributed by atoms with Gasteiger partial charge in [0.1, 0.15) is 0 Å². The Morgan fingerprint density at radius 2 is 2.16 bits per heavy atom. The summed E-state index contributed by atoms with van der Waals surface area (Å²) in [6.07, 6.45) is 10.0. The van der Waals surface area contributed by atoms with Crippen LogP contribution in [0.4, 0.5) is 5.95 Å². The molecule has 3 rings (SSSR count). The zero-order chi connectivity index (χ0) is 22.3. The van der Waals surface area contributed by atoms with Crippen LogP contribution < -0.4 is 16.4 Å². The second kappa shape index (κ2) is 11.0. The molecule has 1 amide bonds. The molecule has 4 N–H and O–H groups in total. The molecule has 2 aliphatic rings. The van der Waals surface area contributed by atoms with Crippen LogP contribution >= 0.6 is 11.6 Å². The fourth-order valence-electron chi connectivity index (χ4n) is 3.76. The standard InChI is InChI=1S/C21H31ClN6O3/c1-30-17-14-28(11-4-10-26-20-24-8-3-9-25-20)12-7-16(17)27-19(29)15-5-6-18(23)21(22,13-15)31-2/h3,5-6,8-9,13,16-18H,4,7,10-12,14,23H2,1-2H3,(H,27,29)(H,24,25,26)/t16-,17+,18?,21?/m0/s1. The van der Waals surface area contributed by atoms with E-state index < -0.39 is 11.1 Å². The molecule has 10 heteroatoms. The van der Waals surface area contributed by atoms with Gasteiger partial charge in [-0.3, -0.25) is 4.79 Å². The zero-order valence-electron chi connectivity index (χ0n) is 18.0. The molecule has 31 heavy (non-hydrogen) atoms. The van der Waals surface area contributed by atoms with Crippen LogP contribution in [0.3, 0.4) is 0 Å². The van der Waals surface area contributed by atoms with Gasteiger partial charge in [-0.2, -0.15) is 0 Å². The number of ether oxygens (including phenoxy) is 2. The van der Waals surface area contributed by atoms with Crippen molar-refractivity contribution >= 4 is 23.5 Å². The lowest BCUT2D eigenvalue weighted by Crippen LogP contribution is -2.55. The highest BCUT2D eigenvalue weighted by atomic mass is 35.5. The van der Waals surface area contributed by atoms with Gasteiger partial charge in [-0.1, -0.05) is 23.8 Å². The Kier molecular flexibility index (Phi) is 8.39. The Morgan fingerprint density at radius 1 is 1.39 bits per heavy atom. The number of amides is 1. The maximum Gasteiger partial charge on any atom is 0.251 e. The third-order valence-electron chi connectivity index (χ3n) is 5.63. The lowest BCUT2D eigenvalue weighted by molar-refractivity contribution is -0.119. The van der Waals surface area contributed by atoms with Gasteiger partial charge in [0.05, 0.1) is 18.2 Å². The van der Waals surface area contributed by atoms with Crippen molar-refractivity contribution in [3.8, 4) is 0 Å². The minimum absolute atomic E-state index is 0.0817. The van der Waals surface area contributed by atoms with E-state index in [9.17, 15) is 4.79 Å². The molecule has 4 atom stereocenters. The average molecular weight is 451 g/mol. The first-order valence-corrected chi connectivity index (χ1v) is 10.8. The third kappa shape index (κ3) is 6.24. The molecule has 9 nitrogen and oxygen atoms in total. The highest BCUT2D eigenvalue weighted by Gasteiger charge is 2.36. The molecule has 1 aliphatic carbocycles. The predicted octanol–water partition coefficient (Wildman–Crippen LogP) is 0.889. The van der Waals surface area contributed by atoms with E-state index >= 15 is 0 Å². The summed E-state index contributed by atoms with van der Waals surface area (Å²) in [5.41, 5.74) is 6.39. The molecule has 0 saturated carbocycles. The van der Waals surface area contributed by atoms with Crippen LogP contribution in [0.15, 0.2) is 42.3 Å². The van der Waals surface area contributed by atoms with Gasteiger partial charge in [0.15, 0.2) is 5.06 Å². The highest BCUT2D eigenvalue weighted by molar-refractivity contribution is 6.25. The number of nitrogens with zero attached hydrogens (tertiary/aromatic N) is 3. The molecule has 1 aliphatic heterocycles. The zero-order valence-corrected chi connectivity index (χ0v) is 18.7. The number of likely N-dealkylation sites (tertiary alicyclic amines) is 1. The molecule has 1 fully saturated rings. The molecule has 0 bridgehead atoms. The number of hydrogen-bond acceptors (Lipinski definition) is 8. The lowest BCUT2D eigenvalue weighted by Gasteiger charge is -2.38. The third-order valence-corrected chi connectivity index (χ3v) is 6.14. The second-order valence-corrected chi connectivity index (χ2v) is 8.27. The van der Waals surface area contributed by atoms with Crippen LogP contribution in [-0.2, 0) is 14.3 Å². The smallest absolute Gasteiger partial charge is 0.251 e. The van der Waals surface area contributed by atoms with Gasteiger partial charge in [-0.25, -0.2) is 9.97 Å². The van der Waals surface area contributed by atoms with Gasteiger partial charge in [0, 0.05) is 51.8 Å². The van der Waals surface area contributed by atoms with Crippen LogP contribution in [0.5, 0.6) is 0 Å². The number of hydrogen-bond donors (Lipinski definition) is 3. The van der Waals surface area contributed by atoms with Crippen molar-refractivity contribution in [3.63, 3.8) is 0 Å². The summed E-state index contributed by atoms with van der Waals surface area (Å²) in [4.78, 5) is 23.4. The van der Waals surface area contributed by atoms with Gasteiger partial charge < -0.3 is 30.7 Å². The first kappa shape index (κ1) is 23.6. The van der Waals surface area contributed by atoms with E-state index in [2.05, 4.69) is 25.5 Å². The Balaban J connectivity index is 1.47. The normalized spacial score (nSPS) is 28.8. The van der Waals surface area contributed by atoms with Crippen molar-refractivity contribution < 1.29 is 14.3 Å². The lowest BCUT2D eigenvalue weighted by atomic mass is 9.97. The van der Waals surface area contributed by atoms with E-state index in [1.165, 1.54) is 7.11 Å². The van der Waals surface area contributed by atoms with Crippen LogP contribution in [0.2, 0.25) is 0 Å². The minimum Gasteiger partial charge on any atom is -0.378 e. The van der Waals surface area contributed by atoms with Crippen molar-refractivity contribution in [1.29, 1.82) is 0 Å². The summed E-state index contributed by atoms with van der Waals surface area (Å²) in [5, 5.41) is 5.08. The second-order valence-electron chi connectivity index (χ2n) is 7.68. The maximum atomic E-state index is 12.8. The van der Waals surface area contributed by atoms with E-state index in [1.807, 2.05) is 0 Å². The van der Waals surface area contributed by atoms with Crippen LogP contribution in [0, 0.1) is 0 Å². The van der Waals surface area contributed by atoms with Crippen molar-refractivity contribution in [2.45, 2.75) is 36.1 Å². The fraction of sp³-hybridized carbons (Fsp3) is 0.571. The number of carbonyl (C=O) groups is 1. The number of nitrogens with one attached hydrogen (secondary N) is 2. The van der Waals surface area contributed by atoms with Crippen molar-refractivity contribution in [1.82, 2.24) is 20.2 Å². The van der Waals surface area contributed by atoms with Gasteiger partial charge in [-0.15, -0.1) is 0 Å². The molecule has 1 saturated heterocycles. The van der Waals surface area contributed by atoms with E-state index in [0.717, 1.165) is 39.0 Å². The first-order chi connectivity index (χ1) is 14.9. The molecule has 2 heterocycles. The maximum absolute atomic E-state index is 12.8. The largest absolute Gasteiger partial charge is 0.378 e. The van der Waals surface area contributed by atoms with Gasteiger partial charge >= 0.3 is 0 Å². The summed E-state index contributed by atoms with van der Waals surface area (Å²) in [7, 11) is 3.15. The SMILES string of the molecule is CO[C@@H]1CN(CCCNc2ncccn2)CC[C@@H]1NC(=O)C1=CC(Cl)(OC)C(N)C=C1. The number of rotatable bonds is 9. The summed E-state index contributed by atoms with van der Waals surface area (Å²) >= 11 is 6.37. The number of halogens is 1. The van der Waals surface area contributed by atoms with Gasteiger partial charge in [-0.05, 0) is 31.5 Å². The number of nitrogens with two attached hydrogens (primary N) is 1. The summed E-state index contributed by atoms with van der Waals surface area (Å²) in [5.74, 6) is 0.429. The van der Waals surface area contributed by atoms with Gasteiger partial charge in [0.2, 0.25) is 5.95 Å². The molecule has 0 radical (unpaired) electrons. The molecule has 0 spiro atoms. The first-order valence-electron chi connectivity index (χ1n) is 10.4. The van der Waals surface area contributed by atoms with Crippen LogP contribution in [0.25, 0.3) is 0 Å². The Bertz CT molecular complexity index is 793. The number of aromatic nitrogens is 2. The minimum atomic E-state index is -1.22. The Hall–Kier alpha value is -2.04. The van der Waals surface area contributed by atoms with Crippen LogP contribution in [-0.4, -0.2) is 84.4 Å². The highest BCUT2D eigenvalue weighted by Crippen LogP contribution is 2.28. The predicted molar refractivity (Wildman–Crippen MR) is 120 cm³/mol. The van der Waals surface area contributed by atoms with E-state index in [-0.39, 0.29) is 18.1 Å². The van der Waals surface area contributed by atoms with E-state index in [0.29, 0.717) is 11.5 Å².